The minimum atomic E-state index is -0.919. The van der Waals surface area contributed by atoms with Crippen molar-refractivity contribution in [3.63, 3.8) is 0 Å². The lowest BCUT2D eigenvalue weighted by atomic mass is 9.89. The number of carbonyl (C=O) groups is 5. The highest BCUT2D eigenvalue weighted by molar-refractivity contribution is 5.90. The minimum Gasteiger partial charge on any atom is -0.458 e. The van der Waals surface area contributed by atoms with Gasteiger partial charge < -0.3 is 40.0 Å². The number of fused-ring (bicyclic) bond motifs is 1. The Morgan fingerprint density at radius 1 is 0.877 bits per heavy atom. The second-order valence-corrected chi connectivity index (χ2v) is 18.0. The molecule has 1 saturated carbocycles. The van der Waals surface area contributed by atoms with Crippen molar-refractivity contribution >= 4 is 29.6 Å². The topological polar surface area (TPSA) is 156 Å². The van der Waals surface area contributed by atoms with Gasteiger partial charge in [-0.25, -0.2) is 4.79 Å². The number of methoxy groups -OCH3 is 2. The van der Waals surface area contributed by atoms with Gasteiger partial charge in [-0.2, -0.15) is 0 Å². The second-order valence-electron chi connectivity index (χ2n) is 18.0. The van der Waals surface area contributed by atoms with Crippen LogP contribution in [-0.4, -0.2) is 122 Å². The number of esters is 1. The Morgan fingerprint density at radius 2 is 1.49 bits per heavy atom. The number of piperidine rings is 1. The molecule has 0 spiro atoms. The van der Waals surface area contributed by atoms with E-state index in [1.54, 1.807) is 60.9 Å². The molecule has 1 saturated heterocycles. The fourth-order valence-corrected chi connectivity index (χ4v) is 8.47. The van der Waals surface area contributed by atoms with E-state index in [2.05, 4.69) is 16.0 Å². The molecule has 13 nitrogen and oxygen atoms in total. The maximum absolute atomic E-state index is 14.5. The van der Waals surface area contributed by atoms with Crippen molar-refractivity contribution in [1.82, 2.24) is 25.8 Å². The summed E-state index contributed by atoms with van der Waals surface area (Å²) in [5.74, 6) is -2.09. The smallest absolute Gasteiger partial charge is 0.329 e. The highest BCUT2D eigenvalue weighted by atomic mass is 16.6. The molecule has 13 heteroatoms. The Kier molecular flexibility index (Phi) is 17.6. The molecule has 1 heterocycles. The molecule has 4 amide bonds. The average Bonchev–Trinajstić information content (AvgIpc) is 3.81. The molecule has 0 bridgehead atoms. The zero-order valence-electron chi connectivity index (χ0n) is 37.1. The van der Waals surface area contributed by atoms with Crippen LogP contribution < -0.4 is 16.0 Å². The SMILES string of the molecule is CC[C@H](C)C(C(CC(=O)N1[C@H]2C[C@H]2C[C@H]1[C@H](OC)[C@@H](C)C(=O)N[C@@H](Cc1ccccc1)C(=O)OC(C)(C)C)OC)N(C)C(=O)[C@@H](NC(=O)[C@@H](NC)C(C)C)C(C)C. The summed E-state index contributed by atoms with van der Waals surface area (Å²) >= 11 is 0. The molecule has 3 N–H and O–H groups in total. The van der Waals surface area contributed by atoms with E-state index in [0.29, 0.717) is 12.3 Å². The maximum Gasteiger partial charge on any atom is 0.329 e. The lowest BCUT2D eigenvalue weighted by molar-refractivity contribution is -0.159. The highest BCUT2D eigenvalue weighted by Gasteiger charge is 2.57. The Hall–Kier alpha value is -3.55. The largest absolute Gasteiger partial charge is 0.458 e. The molecule has 1 aliphatic carbocycles. The van der Waals surface area contributed by atoms with E-state index < -0.39 is 53.9 Å². The van der Waals surface area contributed by atoms with Crippen LogP contribution in [0.15, 0.2) is 30.3 Å². The van der Waals surface area contributed by atoms with E-state index in [0.717, 1.165) is 18.4 Å². The highest BCUT2D eigenvalue weighted by Crippen LogP contribution is 2.50. The number of nitrogens with one attached hydrogen (secondary N) is 3. The number of hydrogen-bond donors (Lipinski definition) is 3. The third-order valence-corrected chi connectivity index (χ3v) is 11.9. The standard InChI is InChI=1S/C44H73N5O8/c1-15-27(6)38(48(12)42(53)37(26(4)5)47-41(52)36(45-11)25(2)3)34(55-13)24-35(50)49-32-22-30(32)23-33(49)39(56-14)28(7)40(51)46-31(43(54)57-44(8,9)10)21-29-19-17-16-18-20-29/h16-20,25-28,30-34,36-39,45H,15,21-24H2,1-14H3,(H,46,51)(H,47,52)/t27-,28+,30-,31-,32-,33-,34?,36-,37-,38?,39+/m0/s1. The van der Waals surface area contributed by atoms with Crippen LogP contribution in [0.1, 0.15) is 100 Å². The van der Waals surface area contributed by atoms with Crippen molar-refractivity contribution in [3.8, 4) is 0 Å². The van der Waals surface area contributed by atoms with E-state index in [9.17, 15) is 24.0 Å². The van der Waals surface area contributed by atoms with Crippen LogP contribution in [0.3, 0.4) is 0 Å². The van der Waals surface area contributed by atoms with Crippen LogP contribution in [-0.2, 0) is 44.6 Å². The molecule has 57 heavy (non-hydrogen) atoms. The number of rotatable bonds is 21. The fourth-order valence-electron chi connectivity index (χ4n) is 8.47. The summed E-state index contributed by atoms with van der Waals surface area (Å²) < 4.78 is 17.8. The van der Waals surface area contributed by atoms with Crippen molar-refractivity contribution in [2.24, 2.45) is 29.6 Å². The van der Waals surface area contributed by atoms with Gasteiger partial charge in [0.2, 0.25) is 23.6 Å². The van der Waals surface area contributed by atoms with Crippen LogP contribution in [0.5, 0.6) is 0 Å². The van der Waals surface area contributed by atoms with Gasteiger partial charge in [0.1, 0.15) is 17.7 Å². The van der Waals surface area contributed by atoms with E-state index >= 15 is 0 Å². The zero-order chi connectivity index (χ0) is 42.9. The second kappa shape index (κ2) is 20.9. The van der Waals surface area contributed by atoms with Gasteiger partial charge in [0.25, 0.3) is 0 Å². The predicted octanol–water partition coefficient (Wildman–Crippen LogP) is 4.36. The number of carbonyl (C=O) groups excluding carboxylic acids is 5. The molecule has 2 fully saturated rings. The van der Waals surface area contributed by atoms with Gasteiger partial charge >= 0.3 is 5.97 Å². The molecule has 322 valence electrons. The van der Waals surface area contributed by atoms with Crippen molar-refractivity contribution in [2.75, 3.05) is 28.3 Å². The number of ether oxygens (including phenoxy) is 3. The molecular weight excluding hydrogens is 727 g/mol. The van der Waals surface area contributed by atoms with Crippen molar-refractivity contribution in [3.05, 3.63) is 35.9 Å². The van der Waals surface area contributed by atoms with Crippen molar-refractivity contribution < 1.29 is 38.2 Å². The molecule has 1 aromatic rings. The third-order valence-electron chi connectivity index (χ3n) is 11.9. The fraction of sp³-hybridized carbons (Fsp3) is 0.750. The number of nitrogens with zero attached hydrogens (tertiary/aromatic N) is 2. The number of likely N-dealkylation sites (tertiary alicyclic amines) is 1. The quantitative estimate of drug-likeness (QED) is 0.154. The Balaban J connectivity index is 1.83. The number of amides is 4. The van der Waals surface area contributed by atoms with Gasteiger partial charge in [-0.3, -0.25) is 19.2 Å². The molecule has 0 aromatic heterocycles. The molecule has 2 aliphatic rings. The van der Waals surface area contributed by atoms with E-state index in [1.807, 2.05) is 76.8 Å². The third kappa shape index (κ3) is 12.5. The summed E-state index contributed by atoms with van der Waals surface area (Å²) in [7, 11) is 6.58. The molecule has 0 radical (unpaired) electrons. The van der Waals surface area contributed by atoms with Crippen molar-refractivity contribution in [2.45, 2.75) is 155 Å². The van der Waals surface area contributed by atoms with E-state index in [1.165, 1.54) is 0 Å². The van der Waals surface area contributed by atoms with Gasteiger partial charge in [-0.15, -0.1) is 0 Å². The lowest BCUT2D eigenvalue weighted by Crippen LogP contribution is -2.59. The summed E-state index contributed by atoms with van der Waals surface area (Å²) in [5.41, 5.74) is 0.139. The Labute approximate surface area is 342 Å². The van der Waals surface area contributed by atoms with Gasteiger partial charge in [0.15, 0.2) is 0 Å². The summed E-state index contributed by atoms with van der Waals surface area (Å²) in [5, 5.41) is 9.00. The molecule has 11 atom stereocenters. The normalized spacial score (nSPS) is 22.0. The van der Waals surface area contributed by atoms with Gasteiger partial charge in [0, 0.05) is 33.7 Å². The summed E-state index contributed by atoms with van der Waals surface area (Å²) in [4.78, 5) is 72.9. The first-order valence-corrected chi connectivity index (χ1v) is 20.9. The van der Waals surface area contributed by atoms with E-state index in [4.69, 9.17) is 14.2 Å². The maximum atomic E-state index is 14.5. The molecule has 2 unspecified atom stereocenters. The first kappa shape index (κ1) is 47.8. The monoisotopic (exact) mass is 800 g/mol. The van der Waals surface area contributed by atoms with Crippen LogP contribution in [0, 0.1) is 29.6 Å². The van der Waals surface area contributed by atoms with Gasteiger partial charge in [-0.05, 0) is 69.9 Å². The van der Waals surface area contributed by atoms with Gasteiger partial charge in [0.05, 0.1) is 42.7 Å². The Bertz CT molecular complexity index is 1500. The number of benzene rings is 1. The van der Waals surface area contributed by atoms with Gasteiger partial charge in [-0.1, -0.05) is 85.2 Å². The summed E-state index contributed by atoms with van der Waals surface area (Å²) in [6.45, 7) is 18.9. The lowest BCUT2D eigenvalue weighted by Gasteiger charge is -2.41. The van der Waals surface area contributed by atoms with Crippen molar-refractivity contribution in [1.29, 1.82) is 0 Å². The molecule has 1 aromatic carbocycles. The first-order chi connectivity index (χ1) is 26.7. The number of hydrogen-bond acceptors (Lipinski definition) is 9. The Morgan fingerprint density at radius 3 is 2.00 bits per heavy atom. The molecule has 3 rings (SSSR count). The summed E-state index contributed by atoms with van der Waals surface area (Å²) in [6.07, 6.45) is 1.29. The van der Waals surface area contributed by atoms with Crippen LogP contribution in [0.2, 0.25) is 0 Å². The minimum absolute atomic E-state index is 0.0194. The summed E-state index contributed by atoms with van der Waals surface area (Å²) in [6, 6.07) is 6.51. The first-order valence-electron chi connectivity index (χ1n) is 20.9. The molecular formula is C44H73N5O8. The average molecular weight is 800 g/mol. The molecule has 1 aliphatic heterocycles. The van der Waals surface area contributed by atoms with E-state index in [-0.39, 0.29) is 66.3 Å². The van der Waals surface area contributed by atoms with Crippen LogP contribution in [0.25, 0.3) is 0 Å². The number of likely N-dealkylation sites (N-methyl/N-ethyl adjacent to an activating group) is 2. The zero-order valence-corrected chi connectivity index (χ0v) is 37.1. The predicted molar refractivity (Wildman–Crippen MR) is 221 cm³/mol. The van der Waals surface area contributed by atoms with Crippen LogP contribution in [0.4, 0.5) is 0 Å². The van der Waals surface area contributed by atoms with Crippen LogP contribution >= 0.6 is 0 Å².